The fourth-order valence-corrected chi connectivity index (χ4v) is 0.573. The van der Waals surface area contributed by atoms with Crippen LogP contribution in [0.4, 0.5) is 0 Å². The Morgan fingerprint density at radius 1 is 1.91 bits per heavy atom. The lowest BCUT2D eigenvalue weighted by Gasteiger charge is -1.89. The Morgan fingerprint density at radius 3 is 3.18 bits per heavy atom. The van der Waals surface area contributed by atoms with Gasteiger partial charge in [-0.25, -0.2) is 0 Å². The molecular formula is C5H6N2O4. The van der Waals surface area contributed by atoms with Crippen molar-refractivity contribution in [3.63, 3.8) is 0 Å². The summed E-state index contributed by atoms with van der Waals surface area (Å²) < 4.78 is 8.89. The maximum absolute atomic E-state index is 10.5. The largest absolute Gasteiger partial charge is 0.455 e. The summed E-state index contributed by atoms with van der Waals surface area (Å²) in [6, 6.07) is 0. The topological polar surface area (TPSA) is 79.3 Å². The van der Waals surface area contributed by atoms with Gasteiger partial charge in [-0.3, -0.25) is 9.42 Å². The van der Waals surface area contributed by atoms with Gasteiger partial charge in [-0.2, -0.15) is 0 Å². The van der Waals surface area contributed by atoms with Gasteiger partial charge in [0, 0.05) is 0 Å². The van der Waals surface area contributed by atoms with Crippen LogP contribution in [0.2, 0.25) is 0 Å². The summed E-state index contributed by atoms with van der Waals surface area (Å²) >= 11 is 0. The van der Waals surface area contributed by atoms with E-state index >= 15 is 0 Å². The average Bonchev–Trinajstić information content (AvgIpc) is 2.33. The molecule has 1 heterocycles. The van der Waals surface area contributed by atoms with Gasteiger partial charge in [0.1, 0.15) is 0 Å². The molecule has 0 fully saturated rings. The van der Waals surface area contributed by atoms with Crippen LogP contribution in [0.15, 0.2) is 4.63 Å². The third kappa shape index (κ3) is 1.28. The number of hydrogen-bond donors (Lipinski definition) is 0. The first-order chi connectivity index (χ1) is 5.29. The molecule has 0 spiro atoms. The molecule has 0 aliphatic heterocycles. The summed E-state index contributed by atoms with van der Waals surface area (Å²) in [4.78, 5) is 10.2. The van der Waals surface area contributed by atoms with Crippen molar-refractivity contribution in [3.05, 3.63) is 10.9 Å². The van der Waals surface area contributed by atoms with Gasteiger partial charge in [0.25, 0.3) is 0 Å². The van der Waals surface area contributed by atoms with Gasteiger partial charge in [0.05, 0.1) is 11.8 Å². The molecule has 0 aromatic carbocycles. The van der Waals surface area contributed by atoms with Gasteiger partial charge in [-0.05, 0) is 11.8 Å². The third-order valence-corrected chi connectivity index (χ3v) is 1.01. The first-order valence-corrected chi connectivity index (χ1v) is 2.97. The molecule has 1 aromatic heterocycles. The fourth-order valence-electron chi connectivity index (χ4n) is 0.573. The lowest BCUT2D eigenvalue weighted by molar-refractivity contribution is -0.803. The highest BCUT2D eigenvalue weighted by molar-refractivity contribution is 5.72. The zero-order chi connectivity index (χ0) is 8.27. The zero-order valence-electron chi connectivity index (χ0n) is 5.81. The van der Waals surface area contributed by atoms with Crippen LogP contribution in [0.5, 0.6) is 5.88 Å². The predicted octanol–water partition coefficient (Wildman–Crippen LogP) is -0.481. The fraction of sp³-hybridized carbons (Fsp3) is 0.400. The third-order valence-electron chi connectivity index (χ3n) is 1.01. The molecule has 0 N–H and O–H groups in total. The minimum Gasteiger partial charge on any atom is -0.455 e. The standard InChI is InChI=1S/C5H6N2O4/c1-2-10-5-4(3-8)7(9)11-6-5/h3H,2H2,1H3. The van der Waals surface area contributed by atoms with Crippen molar-refractivity contribution in [1.29, 1.82) is 0 Å². The van der Waals surface area contributed by atoms with Crippen LogP contribution >= 0.6 is 0 Å². The van der Waals surface area contributed by atoms with E-state index in [0.717, 1.165) is 0 Å². The van der Waals surface area contributed by atoms with E-state index in [1.54, 1.807) is 6.92 Å². The van der Waals surface area contributed by atoms with Crippen LogP contribution in [0, 0.1) is 5.21 Å². The monoisotopic (exact) mass is 158 g/mol. The van der Waals surface area contributed by atoms with E-state index in [0.29, 0.717) is 12.9 Å². The second-order valence-corrected chi connectivity index (χ2v) is 1.67. The summed E-state index contributed by atoms with van der Waals surface area (Å²) in [7, 11) is 0. The van der Waals surface area contributed by atoms with E-state index in [9.17, 15) is 10.0 Å². The zero-order valence-corrected chi connectivity index (χ0v) is 5.81. The number of rotatable bonds is 3. The number of carbonyl (C=O) groups excluding carboxylic acids is 1. The maximum Gasteiger partial charge on any atom is 0.405 e. The van der Waals surface area contributed by atoms with Gasteiger partial charge in [-0.1, -0.05) is 0 Å². The molecule has 0 saturated heterocycles. The molecule has 0 unspecified atom stereocenters. The van der Waals surface area contributed by atoms with E-state index < -0.39 is 0 Å². The van der Waals surface area contributed by atoms with E-state index in [-0.39, 0.29) is 16.5 Å². The quantitative estimate of drug-likeness (QED) is 0.438. The van der Waals surface area contributed by atoms with E-state index in [2.05, 4.69) is 9.79 Å². The maximum atomic E-state index is 10.5. The van der Waals surface area contributed by atoms with E-state index in [1.807, 2.05) is 0 Å². The molecule has 0 aliphatic rings. The summed E-state index contributed by atoms with van der Waals surface area (Å²) in [5, 5.41) is 13.7. The summed E-state index contributed by atoms with van der Waals surface area (Å²) in [5.74, 6) is -0.0718. The normalized spacial score (nSPS) is 9.55. The summed E-state index contributed by atoms with van der Waals surface area (Å²) in [5.41, 5.74) is -0.244. The Balaban J connectivity index is 2.95. The van der Waals surface area contributed by atoms with Gasteiger partial charge >= 0.3 is 11.6 Å². The van der Waals surface area contributed by atoms with Gasteiger partial charge in [0.15, 0.2) is 0 Å². The van der Waals surface area contributed by atoms with Crippen LogP contribution in [0.1, 0.15) is 17.4 Å². The van der Waals surface area contributed by atoms with Crippen LogP contribution in [0.25, 0.3) is 0 Å². The van der Waals surface area contributed by atoms with Gasteiger partial charge < -0.3 is 9.94 Å². The van der Waals surface area contributed by atoms with Gasteiger partial charge in [-0.15, -0.1) is 0 Å². The Morgan fingerprint density at radius 2 is 2.64 bits per heavy atom. The first kappa shape index (κ1) is 7.52. The van der Waals surface area contributed by atoms with Crippen LogP contribution in [0.3, 0.4) is 0 Å². The Labute approximate surface area is 61.9 Å². The average molecular weight is 158 g/mol. The van der Waals surface area contributed by atoms with Crippen molar-refractivity contribution in [3.8, 4) is 5.88 Å². The number of nitrogens with zero attached hydrogens (tertiary/aromatic N) is 2. The number of aromatic nitrogens is 2. The molecule has 11 heavy (non-hydrogen) atoms. The molecule has 1 rings (SSSR count). The van der Waals surface area contributed by atoms with Crippen molar-refractivity contribution in [2.24, 2.45) is 0 Å². The molecular weight excluding hydrogens is 152 g/mol. The van der Waals surface area contributed by atoms with E-state index in [4.69, 9.17) is 4.74 Å². The van der Waals surface area contributed by atoms with Crippen LogP contribution in [-0.2, 0) is 0 Å². The van der Waals surface area contributed by atoms with Gasteiger partial charge in [0.2, 0.25) is 6.29 Å². The first-order valence-electron chi connectivity index (χ1n) is 2.97. The lowest BCUT2D eigenvalue weighted by atomic mass is 10.5. The van der Waals surface area contributed by atoms with Crippen LogP contribution < -0.4 is 9.64 Å². The highest BCUT2D eigenvalue weighted by atomic mass is 16.8. The van der Waals surface area contributed by atoms with Crippen molar-refractivity contribution < 1.29 is 19.1 Å². The molecule has 0 atom stereocenters. The predicted molar refractivity (Wildman–Crippen MR) is 32.0 cm³/mol. The second kappa shape index (κ2) is 3.00. The van der Waals surface area contributed by atoms with E-state index in [1.165, 1.54) is 0 Å². The van der Waals surface area contributed by atoms with Crippen LogP contribution in [-0.4, -0.2) is 18.0 Å². The Hall–Kier alpha value is -1.59. The highest BCUT2D eigenvalue weighted by Gasteiger charge is 2.18. The van der Waals surface area contributed by atoms with Crippen molar-refractivity contribution >= 4 is 6.29 Å². The van der Waals surface area contributed by atoms with Crippen molar-refractivity contribution in [2.45, 2.75) is 6.92 Å². The number of hydrogen-bond acceptors (Lipinski definition) is 5. The second-order valence-electron chi connectivity index (χ2n) is 1.67. The minimum atomic E-state index is -0.244. The number of carbonyl (C=O) groups is 1. The molecule has 1 aromatic rings. The molecule has 0 radical (unpaired) electrons. The smallest absolute Gasteiger partial charge is 0.405 e. The summed E-state index contributed by atoms with van der Waals surface area (Å²) in [6.45, 7) is 2.03. The Kier molecular flexibility index (Phi) is 2.05. The van der Waals surface area contributed by atoms with Crippen molar-refractivity contribution in [1.82, 2.24) is 5.16 Å². The number of ether oxygens (including phenoxy) is 1. The molecule has 60 valence electrons. The Bertz CT molecular complexity index is 257. The SMILES string of the molecule is CCOc1no[n+]([O-])c1C=O. The highest BCUT2D eigenvalue weighted by Crippen LogP contribution is 2.06. The molecule has 0 aliphatic carbocycles. The minimum absolute atomic E-state index is 0.00199. The molecule has 0 bridgehead atoms. The summed E-state index contributed by atoms with van der Waals surface area (Å²) in [6.07, 6.45) is 0.328. The molecule has 0 amide bonds. The molecule has 6 nitrogen and oxygen atoms in total. The van der Waals surface area contributed by atoms with Crippen molar-refractivity contribution in [2.75, 3.05) is 6.61 Å². The lowest BCUT2D eigenvalue weighted by Crippen LogP contribution is -2.27. The number of aldehydes is 1. The molecule has 0 saturated carbocycles. The molecule has 6 heteroatoms.